The molecule has 0 aliphatic carbocycles. The van der Waals surface area contributed by atoms with E-state index in [9.17, 15) is 9.59 Å². The van der Waals surface area contributed by atoms with Crippen LogP contribution in [0.3, 0.4) is 0 Å². The van der Waals surface area contributed by atoms with Crippen LogP contribution in [-0.4, -0.2) is 21.2 Å². The van der Waals surface area contributed by atoms with Gasteiger partial charge in [0, 0.05) is 24.5 Å². The number of rotatable bonds is 5. The fourth-order valence-corrected chi connectivity index (χ4v) is 2.80. The number of benzene rings is 1. The number of carbonyl (C=O) groups is 2. The van der Waals surface area contributed by atoms with Crippen molar-refractivity contribution in [1.29, 1.82) is 0 Å². The molecule has 0 radical (unpaired) electrons. The van der Waals surface area contributed by atoms with Crippen LogP contribution in [0.5, 0.6) is 0 Å². The molecule has 0 saturated carbocycles. The first-order chi connectivity index (χ1) is 12.5. The first kappa shape index (κ1) is 17.9. The van der Waals surface area contributed by atoms with Crippen molar-refractivity contribution in [3.63, 3.8) is 0 Å². The van der Waals surface area contributed by atoms with Gasteiger partial charge < -0.3 is 15.0 Å². The molecule has 0 saturated heterocycles. The molecule has 2 aromatic heterocycles. The Balaban J connectivity index is 1.76. The number of hydrogen-bond acceptors (Lipinski definition) is 3. The van der Waals surface area contributed by atoms with Crippen LogP contribution in [-0.2, 0) is 16.0 Å². The van der Waals surface area contributed by atoms with Crippen molar-refractivity contribution < 1.29 is 9.59 Å². The van der Waals surface area contributed by atoms with Gasteiger partial charge in [-0.3, -0.25) is 9.59 Å². The number of carbonyl (C=O) groups excluding carboxylic acids is 2. The number of aryl methyl sites for hydroxylation is 1. The van der Waals surface area contributed by atoms with Crippen LogP contribution in [0.2, 0.25) is 5.02 Å². The largest absolute Gasteiger partial charge is 0.326 e. The summed E-state index contributed by atoms with van der Waals surface area (Å²) in [4.78, 5) is 28.3. The summed E-state index contributed by atoms with van der Waals surface area (Å²) in [6.07, 6.45) is 4.11. The lowest BCUT2D eigenvalue weighted by Gasteiger charge is -2.10. The van der Waals surface area contributed by atoms with Gasteiger partial charge in [0.05, 0.1) is 22.8 Å². The average molecular weight is 371 g/mol. The second-order valence-corrected chi connectivity index (χ2v) is 6.36. The van der Waals surface area contributed by atoms with E-state index in [-0.39, 0.29) is 18.2 Å². The summed E-state index contributed by atoms with van der Waals surface area (Å²) in [5.74, 6) is -0.320. The number of pyridine rings is 1. The molecule has 0 atom stereocenters. The zero-order valence-electron chi connectivity index (χ0n) is 14.5. The van der Waals surface area contributed by atoms with Crippen molar-refractivity contribution in [3.8, 4) is 0 Å². The normalized spacial score (nSPS) is 10.7. The van der Waals surface area contributed by atoms with Crippen LogP contribution in [0.4, 0.5) is 11.4 Å². The van der Waals surface area contributed by atoms with Crippen LogP contribution >= 0.6 is 11.6 Å². The summed E-state index contributed by atoms with van der Waals surface area (Å²) < 4.78 is 1.90. The van der Waals surface area contributed by atoms with Gasteiger partial charge in [-0.25, -0.2) is 4.98 Å². The Kier molecular flexibility index (Phi) is 5.23. The highest BCUT2D eigenvalue weighted by Gasteiger charge is 2.12. The zero-order chi connectivity index (χ0) is 18.7. The smallest absolute Gasteiger partial charge is 0.230 e. The summed E-state index contributed by atoms with van der Waals surface area (Å²) in [5.41, 5.74) is 3.70. The molecule has 26 heavy (non-hydrogen) atoms. The van der Waals surface area contributed by atoms with E-state index in [2.05, 4.69) is 15.6 Å². The second-order valence-electron chi connectivity index (χ2n) is 5.96. The predicted octanol–water partition coefficient (Wildman–Crippen LogP) is 3.83. The van der Waals surface area contributed by atoms with E-state index in [4.69, 9.17) is 11.6 Å². The third-order valence-electron chi connectivity index (χ3n) is 3.99. The number of halogens is 1. The number of imidazole rings is 1. The Bertz CT molecular complexity index is 981. The summed E-state index contributed by atoms with van der Waals surface area (Å²) in [6, 6.07) is 8.87. The van der Waals surface area contributed by atoms with Crippen molar-refractivity contribution in [2.45, 2.75) is 26.7 Å². The molecule has 3 aromatic rings. The fraction of sp³-hybridized carbons (Fsp3) is 0.211. The third-order valence-corrected chi connectivity index (χ3v) is 4.32. The highest BCUT2D eigenvalue weighted by atomic mass is 35.5. The van der Waals surface area contributed by atoms with Crippen LogP contribution in [0, 0.1) is 6.92 Å². The molecule has 6 nitrogen and oxygen atoms in total. The van der Waals surface area contributed by atoms with Crippen molar-refractivity contribution in [2.75, 3.05) is 10.6 Å². The number of nitrogens with zero attached hydrogens (tertiary/aromatic N) is 2. The van der Waals surface area contributed by atoms with E-state index in [0.29, 0.717) is 22.8 Å². The number of aromatic nitrogens is 2. The van der Waals surface area contributed by atoms with Gasteiger partial charge in [-0.2, -0.15) is 0 Å². The molecule has 2 N–H and O–H groups in total. The molecular weight excluding hydrogens is 352 g/mol. The third kappa shape index (κ3) is 3.86. The standard InChI is InChI=1S/C19H19ClN4O2/c1-3-17(25)22-13-6-7-15(20)16(9-13)23-18(26)10-14-11-21-19-12(2)5-4-8-24(14)19/h4-9,11H,3,10H2,1-2H3,(H,22,25)(H,23,26). The Morgan fingerprint density at radius 2 is 2.00 bits per heavy atom. The summed E-state index contributed by atoms with van der Waals surface area (Å²) >= 11 is 6.16. The zero-order valence-corrected chi connectivity index (χ0v) is 15.3. The highest BCUT2D eigenvalue weighted by Crippen LogP contribution is 2.26. The van der Waals surface area contributed by atoms with Crippen LogP contribution < -0.4 is 10.6 Å². The topological polar surface area (TPSA) is 75.5 Å². The highest BCUT2D eigenvalue weighted by molar-refractivity contribution is 6.33. The number of nitrogens with one attached hydrogen (secondary N) is 2. The predicted molar refractivity (Wildman–Crippen MR) is 103 cm³/mol. The molecule has 0 unspecified atom stereocenters. The maximum Gasteiger partial charge on any atom is 0.230 e. The Hall–Kier alpha value is -2.86. The molecule has 7 heteroatoms. The lowest BCUT2D eigenvalue weighted by atomic mass is 10.2. The van der Waals surface area contributed by atoms with Crippen LogP contribution in [0.15, 0.2) is 42.7 Å². The maximum atomic E-state index is 12.5. The minimum atomic E-state index is -0.214. The van der Waals surface area contributed by atoms with E-state index >= 15 is 0 Å². The molecule has 134 valence electrons. The van der Waals surface area contributed by atoms with E-state index in [1.165, 1.54) is 0 Å². The molecule has 0 bridgehead atoms. The second kappa shape index (κ2) is 7.58. The van der Waals surface area contributed by atoms with Gasteiger partial charge in [0.25, 0.3) is 0 Å². The van der Waals surface area contributed by atoms with Crippen molar-refractivity contribution in [1.82, 2.24) is 9.38 Å². The van der Waals surface area contributed by atoms with E-state index < -0.39 is 0 Å². The molecular formula is C19H19ClN4O2. The van der Waals surface area contributed by atoms with E-state index in [0.717, 1.165) is 16.9 Å². The van der Waals surface area contributed by atoms with Crippen molar-refractivity contribution in [2.24, 2.45) is 0 Å². The van der Waals surface area contributed by atoms with Gasteiger partial charge in [0.15, 0.2) is 0 Å². The van der Waals surface area contributed by atoms with Gasteiger partial charge in [0.1, 0.15) is 5.65 Å². The van der Waals surface area contributed by atoms with Crippen LogP contribution in [0.25, 0.3) is 5.65 Å². The first-order valence-electron chi connectivity index (χ1n) is 8.28. The molecule has 0 aliphatic rings. The minimum absolute atomic E-state index is 0.106. The average Bonchev–Trinajstić information content (AvgIpc) is 3.02. The van der Waals surface area contributed by atoms with E-state index in [1.54, 1.807) is 31.3 Å². The number of anilines is 2. The lowest BCUT2D eigenvalue weighted by Crippen LogP contribution is -2.16. The Morgan fingerprint density at radius 1 is 1.19 bits per heavy atom. The van der Waals surface area contributed by atoms with Gasteiger partial charge in [-0.05, 0) is 36.8 Å². The first-order valence-corrected chi connectivity index (χ1v) is 8.66. The molecule has 0 spiro atoms. The summed E-state index contributed by atoms with van der Waals surface area (Å²) in [7, 11) is 0. The minimum Gasteiger partial charge on any atom is -0.326 e. The monoisotopic (exact) mass is 370 g/mol. The van der Waals surface area contributed by atoms with E-state index in [1.807, 2.05) is 29.7 Å². The Morgan fingerprint density at radius 3 is 2.77 bits per heavy atom. The lowest BCUT2D eigenvalue weighted by molar-refractivity contribution is -0.116. The van der Waals surface area contributed by atoms with Gasteiger partial charge in [-0.1, -0.05) is 24.6 Å². The summed E-state index contributed by atoms with van der Waals surface area (Å²) in [5, 5.41) is 5.95. The number of hydrogen-bond donors (Lipinski definition) is 2. The molecule has 0 aliphatic heterocycles. The molecule has 0 fully saturated rings. The molecule has 2 heterocycles. The molecule has 3 rings (SSSR count). The number of amides is 2. The number of fused-ring (bicyclic) bond motifs is 1. The SMILES string of the molecule is CCC(=O)Nc1ccc(Cl)c(NC(=O)Cc2cnc3c(C)cccn23)c1. The summed E-state index contributed by atoms with van der Waals surface area (Å²) in [6.45, 7) is 3.74. The fourth-order valence-electron chi connectivity index (χ4n) is 2.64. The van der Waals surface area contributed by atoms with Crippen LogP contribution in [0.1, 0.15) is 24.6 Å². The molecule has 2 amide bonds. The van der Waals surface area contributed by atoms with Crippen molar-refractivity contribution in [3.05, 3.63) is 59.0 Å². The van der Waals surface area contributed by atoms with Gasteiger partial charge in [-0.15, -0.1) is 0 Å². The molecule has 1 aromatic carbocycles. The van der Waals surface area contributed by atoms with Gasteiger partial charge in [0.2, 0.25) is 11.8 Å². The quantitative estimate of drug-likeness (QED) is 0.716. The van der Waals surface area contributed by atoms with Gasteiger partial charge >= 0.3 is 0 Å². The van der Waals surface area contributed by atoms with Crippen molar-refractivity contribution >= 4 is 40.4 Å². The Labute approximate surface area is 156 Å². The maximum absolute atomic E-state index is 12.5.